The Labute approximate surface area is 88.3 Å². The fraction of sp³-hybridized carbons (Fsp3) is 0.250. The molecule has 1 radical (unpaired) electrons. The molecule has 1 aliphatic rings. The lowest BCUT2D eigenvalue weighted by Gasteiger charge is -2.22. The molecule has 15 heavy (non-hydrogen) atoms. The van der Waals surface area contributed by atoms with Crippen molar-refractivity contribution in [3.05, 3.63) is 41.3 Å². The molecular formula is C12H12NO2. The number of rotatable bonds is 2. The van der Waals surface area contributed by atoms with Crippen LogP contribution in [0.3, 0.4) is 0 Å². The lowest BCUT2D eigenvalue weighted by Crippen LogP contribution is -2.25. The van der Waals surface area contributed by atoms with E-state index in [9.17, 15) is 9.59 Å². The Morgan fingerprint density at radius 1 is 1.47 bits per heavy atom. The predicted octanol–water partition coefficient (Wildman–Crippen LogP) is 1.22. The van der Waals surface area contributed by atoms with Gasteiger partial charge in [-0.3, -0.25) is 9.59 Å². The molecule has 0 aliphatic heterocycles. The minimum absolute atomic E-state index is 0.297. The maximum absolute atomic E-state index is 11.2. The van der Waals surface area contributed by atoms with E-state index in [1.54, 1.807) is 6.07 Å². The van der Waals surface area contributed by atoms with E-state index in [0.717, 1.165) is 30.3 Å². The van der Waals surface area contributed by atoms with Crippen LogP contribution in [0.15, 0.2) is 18.2 Å². The number of nitrogens with two attached hydrogens (primary N) is 1. The summed E-state index contributed by atoms with van der Waals surface area (Å²) in [4.78, 5) is 21.8. The van der Waals surface area contributed by atoms with Gasteiger partial charge in [-0.15, -0.1) is 0 Å². The normalized spacial score (nSPS) is 19.3. The molecule has 3 heteroatoms. The van der Waals surface area contributed by atoms with Gasteiger partial charge in [0.25, 0.3) is 0 Å². The van der Waals surface area contributed by atoms with Crippen molar-refractivity contribution in [1.82, 2.24) is 0 Å². The first-order valence-corrected chi connectivity index (χ1v) is 4.93. The van der Waals surface area contributed by atoms with Crippen molar-refractivity contribution in [2.24, 2.45) is 5.73 Å². The molecule has 1 amide bonds. The molecule has 2 N–H and O–H groups in total. The van der Waals surface area contributed by atoms with Crippen LogP contribution in [0, 0.1) is 6.42 Å². The number of hydrogen-bond donors (Lipinski definition) is 1. The van der Waals surface area contributed by atoms with Crippen molar-refractivity contribution in [2.45, 2.75) is 18.8 Å². The molecule has 0 unspecified atom stereocenters. The molecule has 77 valence electrons. The minimum Gasteiger partial charge on any atom is -0.369 e. The average molecular weight is 202 g/mol. The summed E-state index contributed by atoms with van der Waals surface area (Å²) >= 11 is 0. The second-order valence-corrected chi connectivity index (χ2v) is 3.73. The van der Waals surface area contributed by atoms with Crippen LogP contribution in [-0.2, 0) is 11.2 Å². The molecule has 3 nitrogen and oxygen atoms in total. The molecule has 0 saturated heterocycles. The zero-order chi connectivity index (χ0) is 10.8. The second-order valence-electron chi connectivity index (χ2n) is 3.73. The van der Waals surface area contributed by atoms with Gasteiger partial charge in [-0.1, -0.05) is 12.1 Å². The highest BCUT2D eigenvalue weighted by Gasteiger charge is 2.24. The summed E-state index contributed by atoms with van der Waals surface area (Å²) in [5.74, 6) is -0.621. The molecular weight excluding hydrogens is 190 g/mol. The molecule has 1 aliphatic carbocycles. The first-order chi connectivity index (χ1) is 7.22. The Bertz CT molecular complexity index is 412. The fourth-order valence-electron chi connectivity index (χ4n) is 2.02. The van der Waals surface area contributed by atoms with Crippen LogP contribution in [0.1, 0.15) is 33.8 Å². The van der Waals surface area contributed by atoms with E-state index < -0.39 is 0 Å². The van der Waals surface area contributed by atoms with E-state index in [1.807, 2.05) is 18.6 Å². The van der Waals surface area contributed by atoms with Crippen LogP contribution in [0.4, 0.5) is 0 Å². The predicted molar refractivity (Wildman–Crippen MR) is 56.4 cm³/mol. The Morgan fingerprint density at radius 2 is 2.27 bits per heavy atom. The van der Waals surface area contributed by atoms with Gasteiger partial charge >= 0.3 is 0 Å². The maximum Gasteiger partial charge on any atom is 0.225 e. The molecule has 0 aromatic heterocycles. The van der Waals surface area contributed by atoms with Crippen LogP contribution in [-0.4, -0.2) is 12.2 Å². The Kier molecular flexibility index (Phi) is 2.54. The average Bonchev–Trinajstić information content (AvgIpc) is 2.27. The van der Waals surface area contributed by atoms with Crippen molar-refractivity contribution in [2.75, 3.05) is 0 Å². The third-order valence-electron chi connectivity index (χ3n) is 2.76. The third-order valence-corrected chi connectivity index (χ3v) is 2.76. The van der Waals surface area contributed by atoms with E-state index in [4.69, 9.17) is 5.73 Å². The van der Waals surface area contributed by atoms with Crippen molar-refractivity contribution < 1.29 is 9.59 Å². The molecule has 1 aromatic rings. The summed E-state index contributed by atoms with van der Waals surface area (Å²) < 4.78 is 0. The standard InChI is InChI=1S/C12H12NO2/c13-12(15)11-3-1-2-9-6-8(7-14)4-5-10(9)11/h3-7,11H,1-2H2,(H2,13,15)/t11-/m0/s1. The highest BCUT2D eigenvalue weighted by molar-refractivity contribution is 5.85. The van der Waals surface area contributed by atoms with Crippen molar-refractivity contribution in [1.29, 1.82) is 0 Å². The first-order valence-electron chi connectivity index (χ1n) is 4.93. The Balaban J connectivity index is 2.44. The highest BCUT2D eigenvalue weighted by Crippen LogP contribution is 2.30. The summed E-state index contributed by atoms with van der Waals surface area (Å²) in [6, 6.07) is 5.39. The van der Waals surface area contributed by atoms with Crippen LogP contribution >= 0.6 is 0 Å². The number of primary amides is 1. The summed E-state index contributed by atoms with van der Waals surface area (Å²) in [5.41, 5.74) is 7.97. The van der Waals surface area contributed by atoms with Gasteiger partial charge in [-0.2, -0.15) is 0 Å². The summed E-state index contributed by atoms with van der Waals surface area (Å²) in [6.07, 6.45) is 4.47. The Morgan fingerprint density at radius 3 is 2.93 bits per heavy atom. The van der Waals surface area contributed by atoms with Crippen LogP contribution in [0.25, 0.3) is 0 Å². The minimum atomic E-state index is -0.324. The SMILES string of the molecule is NC(=O)[C@H]1[CH]CCc2cc(C=O)ccc21. The van der Waals surface area contributed by atoms with Gasteiger partial charge < -0.3 is 5.73 Å². The lowest BCUT2D eigenvalue weighted by molar-refractivity contribution is -0.118. The third kappa shape index (κ3) is 1.77. The monoisotopic (exact) mass is 202 g/mol. The zero-order valence-electron chi connectivity index (χ0n) is 8.27. The van der Waals surface area contributed by atoms with Crippen LogP contribution < -0.4 is 5.73 Å². The van der Waals surface area contributed by atoms with E-state index in [2.05, 4.69) is 0 Å². The van der Waals surface area contributed by atoms with Crippen LogP contribution in [0.2, 0.25) is 0 Å². The van der Waals surface area contributed by atoms with Crippen LogP contribution in [0.5, 0.6) is 0 Å². The number of carbonyl (C=O) groups excluding carboxylic acids is 2. The van der Waals surface area contributed by atoms with E-state index in [1.165, 1.54) is 0 Å². The largest absolute Gasteiger partial charge is 0.369 e. The molecule has 2 rings (SSSR count). The van der Waals surface area contributed by atoms with Gasteiger partial charge in [-0.25, -0.2) is 0 Å². The number of aryl methyl sites for hydroxylation is 1. The smallest absolute Gasteiger partial charge is 0.225 e. The van der Waals surface area contributed by atoms with Crippen molar-refractivity contribution >= 4 is 12.2 Å². The number of aldehydes is 1. The van der Waals surface area contributed by atoms with E-state index >= 15 is 0 Å². The first kappa shape index (κ1) is 9.90. The molecule has 0 bridgehead atoms. The van der Waals surface area contributed by atoms with Gasteiger partial charge in [0.2, 0.25) is 5.91 Å². The lowest BCUT2D eigenvalue weighted by atomic mass is 9.82. The van der Waals surface area contributed by atoms with Gasteiger partial charge in [-0.05, 0) is 36.5 Å². The van der Waals surface area contributed by atoms with Gasteiger partial charge in [0.05, 0.1) is 5.92 Å². The second kappa shape index (κ2) is 3.85. The maximum atomic E-state index is 11.2. The van der Waals surface area contributed by atoms with Gasteiger partial charge in [0, 0.05) is 5.56 Å². The number of fused-ring (bicyclic) bond motifs is 1. The topological polar surface area (TPSA) is 60.2 Å². The fourth-order valence-corrected chi connectivity index (χ4v) is 2.02. The van der Waals surface area contributed by atoms with Crippen molar-refractivity contribution in [3.63, 3.8) is 0 Å². The number of hydrogen-bond acceptors (Lipinski definition) is 2. The molecule has 1 atom stereocenters. The highest BCUT2D eigenvalue weighted by atomic mass is 16.1. The van der Waals surface area contributed by atoms with Gasteiger partial charge in [0.15, 0.2) is 0 Å². The van der Waals surface area contributed by atoms with Crippen molar-refractivity contribution in [3.8, 4) is 0 Å². The molecule has 1 aromatic carbocycles. The summed E-state index contributed by atoms with van der Waals surface area (Å²) in [7, 11) is 0. The summed E-state index contributed by atoms with van der Waals surface area (Å²) in [5, 5.41) is 0. The zero-order valence-corrected chi connectivity index (χ0v) is 8.27. The van der Waals surface area contributed by atoms with E-state index in [0.29, 0.717) is 5.56 Å². The Hall–Kier alpha value is -1.64. The number of carbonyl (C=O) groups is 2. The molecule has 0 fully saturated rings. The number of amides is 1. The van der Waals surface area contributed by atoms with E-state index in [-0.39, 0.29) is 11.8 Å². The van der Waals surface area contributed by atoms with Gasteiger partial charge in [0.1, 0.15) is 6.29 Å². The molecule has 0 saturated carbocycles. The molecule has 0 heterocycles. The number of benzene rings is 1. The summed E-state index contributed by atoms with van der Waals surface area (Å²) in [6.45, 7) is 0. The molecule has 0 spiro atoms. The quantitative estimate of drug-likeness (QED) is 0.733.